The molecule has 0 saturated carbocycles. The number of carbonyl (C=O) groups is 1. The molecule has 0 aliphatic heterocycles. The fraction of sp³-hybridized carbons (Fsp3) is 0.519. The molecule has 0 saturated heterocycles. The fourth-order valence-corrected chi connectivity index (χ4v) is 5.03. The van der Waals surface area contributed by atoms with Crippen LogP contribution in [0.1, 0.15) is 95.8 Å². The summed E-state index contributed by atoms with van der Waals surface area (Å²) in [6.45, 7) is 8.99. The highest BCUT2D eigenvalue weighted by Crippen LogP contribution is 2.53. The van der Waals surface area contributed by atoms with Crippen LogP contribution in [-0.2, 0) is 15.6 Å². The van der Waals surface area contributed by atoms with Crippen molar-refractivity contribution in [3.05, 3.63) is 59.2 Å². The summed E-state index contributed by atoms with van der Waals surface area (Å²) in [6.07, 6.45) is 8.38. The Balaban J connectivity index is 1.73. The lowest BCUT2D eigenvalue weighted by atomic mass is 9.75. The molecular formula is C27H36O3. The quantitative estimate of drug-likeness (QED) is 0.275. The lowest BCUT2D eigenvalue weighted by Gasteiger charge is -2.28. The largest absolute Gasteiger partial charge is 0.508 e. The molecule has 1 N–H and O–H groups in total. The Bertz CT molecular complexity index is 866. The number of aromatic hydroxyl groups is 1. The molecule has 0 spiro atoms. The molecule has 2 aromatic rings. The second-order valence-corrected chi connectivity index (χ2v) is 9.64. The van der Waals surface area contributed by atoms with E-state index < -0.39 is 0 Å². The predicted molar refractivity (Wildman–Crippen MR) is 122 cm³/mol. The first-order valence-corrected chi connectivity index (χ1v) is 11.4. The minimum atomic E-state index is -0.186. The second-order valence-electron chi connectivity index (χ2n) is 9.64. The lowest BCUT2D eigenvalue weighted by Crippen LogP contribution is -2.23. The Morgan fingerprint density at radius 3 is 2.30 bits per heavy atom. The molecular weight excluding hydrogens is 372 g/mol. The van der Waals surface area contributed by atoms with Crippen molar-refractivity contribution >= 4 is 5.97 Å². The topological polar surface area (TPSA) is 46.5 Å². The number of benzene rings is 2. The molecule has 1 aliphatic rings. The van der Waals surface area contributed by atoms with Crippen molar-refractivity contribution in [2.45, 2.75) is 89.9 Å². The van der Waals surface area contributed by atoms with E-state index >= 15 is 0 Å². The van der Waals surface area contributed by atoms with Gasteiger partial charge in [0, 0.05) is 11.8 Å². The van der Waals surface area contributed by atoms with Crippen LogP contribution in [0, 0.1) is 0 Å². The van der Waals surface area contributed by atoms with E-state index in [1.807, 2.05) is 18.2 Å². The predicted octanol–water partition coefficient (Wildman–Crippen LogP) is 7.04. The third-order valence-corrected chi connectivity index (χ3v) is 6.58. The summed E-state index contributed by atoms with van der Waals surface area (Å²) in [4.78, 5) is 12.3. The van der Waals surface area contributed by atoms with Gasteiger partial charge in [0.25, 0.3) is 0 Å². The van der Waals surface area contributed by atoms with Crippen molar-refractivity contribution in [2.24, 2.45) is 0 Å². The molecule has 2 aromatic carbocycles. The highest BCUT2D eigenvalue weighted by atomic mass is 16.5. The first-order valence-electron chi connectivity index (χ1n) is 11.4. The highest BCUT2D eigenvalue weighted by Gasteiger charge is 2.45. The van der Waals surface area contributed by atoms with Crippen LogP contribution in [0.25, 0.3) is 0 Å². The van der Waals surface area contributed by atoms with Gasteiger partial charge >= 0.3 is 5.97 Å². The lowest BCUT2D eigenvalue weighted by molar-refractivity contribution is -0.134. The van der Waals surface area contributed by atoms with Gasteiger partial charge in [-0.25, -0.2) is 0 Å². The molecule has 0 heterocycles. The van der Waals surface area contributed by atoms with Crippen molar-refractivity contribution < 1.29 is 14.6 Å². The summed E-state index contributed by atoms with van der Waals surface area (Å²) in [5.74, 6) is 0.763. The van der Waals surface area contributed by atoms with Gasteiger partial charge < -0.3 is 9.84 Å². The Morgan fingerprint density at radius 1 is 0.933 bits per heavy atom. The molecule has 30 heavy (non-hydrogen) atoms. The third-order valence-electron chi connectivity index (χ3n) is 6.58. The SMILES string of the molecule is CCCCCCCCC(=O)Oc1ccc2c(c1)C(C)(c1ccc(O)cc1)CC2(C)C. The van der Waals surface area contributed by atoms with Crippen LogP contribution < -0.4 is 4.74 Å². The van der Waals surface area contributed by atoms with E-state index in [4.69, 9.17) is 4.74 Å². The van der Waals surface area contributed by atoms with Gasteiger partial charge in [-0.05, 0) is 59.2 Å². The van der Waals surface area contributed by atoms with Crippen LogP contribution in [0.15, 0.2) is 42.5 Å². The highest BCUT2D eigenvalue weighted by molar-refractivity contribution is 5.72. The summed E-state index contributed by atoms with van der Waals surface area (Å²) in [7, 11) is 0. The van der Waals surface area contributed by atoms with Gasteiger partial charge in [0.2, 0.25) is 0 Å². The third kappa shape index (κ3) is 4.88. The molecule has 0 aromatic heterocycles. The smallest absolute Gasteiger partial charge is 0.311 e. The molecule has 0 radical (unpaired) electrons. The van der Waals surface area contributed by atoms with Crippen molar-refractivity contribution in [1.82, 2.24) is 0 Å². The van der Waals surface area contributed by atoms with Gasteiger partial charge in [-0.15, -0.1) is 0 Å². The number of fused-ring (bicyclic) bond motifs is 1. The van der Waals surface area contributed by atoms with E-state index in [1.165, 1.54) is 42.4 Å². The van der Waals surface area contributed by atoms with Crippen molar-refractivity contribution in [3.63, 3.8) is 0 Å². The van der Waals surface area contributed by atoms with E-state index in [0.717, 1.165) is 19.3 Å². The Labute approximate surface area is 181 Å². The first kappa shape index (κ1) is 22.4. The van der Waals surface area contributed by atoms with Crippen LogP contribution in [-0.4, -0.2) is 11.1 Å². The number of esters is 1. The Kier molecular flexibility index (Phi) is 6.90. The molecule has 1 aliphatic carbocycles. The van der Waals surface area contributed by atoms with Crippen molar-refractivity contribution in [1.29, 1.82) is 0 Å². The van der Waals surface area contributed by atoms with Crippen LogP contribution >= 0.6 is 0 Å². The average molecular weight is 409 g/mol. The van der Waals surface area contributed by atoms with Gasteiger partial charge in [0.15, 0.2) is 0 Å². The summed E-state index contributed by atoms with van der Waals surface area (Å²) in [5.41, 5.74) is 3.52. The molecule has 1 unspecified atom stereocenters. The van der Waals surface area contributed by atoms with Crippen LogP contribution in [0.4, 0.5) is 0 Å². The summed E-state index contributed by atoms with van der Waals surface area (Å²) >= 11 is 0. The normalized spacial score (nSPS) is 19.5. The number of phenolic OH excluding ortho intramolecular Hbond substituents is 1. The monoisotopic (exact) mass is 408 g/mol. The number of carbonyl (C=O) groups excluding carboxylic acids is 1. The van der Waals surface area contributed by atoms with E-state index in [0.29, 0.717) is 12.2 Å². The first-order chi connectivity index (χ1) is 14.3. The number of unbranched alkanes of at least 4 members (excludes halogenated alkanes) is 5. The molecule has 1 atom stereocenters. The van der Waals surface area contributed by atoms with E-state index in [-0.39, 0.29) is 22.5 Å². The molecule has 3 nitrogen and oxygen atoms in total. The number of ether oxygens (including phenoxy) is 1. The Morgan fingerprint density at radius 2 is 1.60 bits per heavy atom. The maximum Gasteiger partial charge on any atom is 0.311 e. The van der Waals surface area contributed by atoms with Crippen LogP contribution in [0.3, 0.4) is 0 Å². The fourth-order valence-electron chi connectivity index (χ4n) is 5.03. The standard InChI is InChI=1S/C27H36O3/c1-5-6-7-8-9-10-11-25(29)30-22-16-17-23-24(18-22)27(4,19-26(23,2)3)20-12-14-21(28)15-13-20/h12-18,28H,5-11,19H2,1-4H3. The van der Waals surface area contributed by atoms with E-state index in [2.05, 4.69) is 39.8 Å². The maximum atomic E-state index is 12.3. The van der Waals surface area contributed by atoms with Gasteiger partial charge in [-0.2, -0.15) is 0 Å². The number of phenols is 1. The summed E-state index contributed by atoms with van der Waals surface area (Å²) in [5, 5.41) is 9.70. The zero-order valence-corrected chi connectivity index (χ0v) is 19.0. The number of hydrogen-bond donors (Lipinski definition) is 1. The minimum absolute atomic E-state index is 0.0308. The summed E-state index contributed by atoms with van der Waals surface area (Å²) in [6, 6.07) is 13.6. The molecule has 0 bridgehead atoms. The molecule has 0 amide bonds. The van der Waals surface area contributed by atoms with Crippen molar-refractivity contribution in [3.8, 4) is 11.5 Å². The number of rotatable bonds is 9. The van der Waals surface area contributed by atoms with Gasteiger partial charge in [-0.3, -0.25) is 4.79 Å². The maximum absolute atomic E-state index is 12.3. The number of hydrogen-bond acceptors (Lipinski definition) is 3. The molecule has 3 rings (SSSR count). The van der Waals surface area contributed by atoms with Crippen LogP contribution in [0.2, 0.25) is 0 Å². The zero-order valence-electron chi connectivity index (χ0n) is 19.0. The summed E-state index contributed by atoms with van der Waals surface area (Å²) < 4.78 is 5.70. The van der Waals surface area contributed by atoms with Gasteiger partial charge in [0.05, 0.1) is 0 Å². The van der Waals surface area contributed by atoms with Gasteiger partial charge in [-0.1, -0.05) is 78.0 Å². The van der Waals surface area contributed by atoms with E-state index in [1.54, 1.807) is 12.1 Å². The molecule has 162 valence electrons. The molecule has 0 fully saturated rings. The Hall–Kier alpha value is -2.29. The van der Waals surface area contributed by atoms with Crippen LogP contribution in [0.5, 0.6) is 11.5 Å². The van der Waals surface area contributed by atoms with E-state index in [9.17, 15) is 9.90 Å². The minimum Gasteiger partial charge on any atom is -0.508 e. The van der Waals surface area contributed by atoms with Gasteiger partial charge in [0.1, 0.15) is 11.5 Å². The van der Waals surface area contributed by atoms with Crippen molar-refractivity contribution in [2.75, 3.05) is 0 Å². The molecule has 3 heteroatoms. The second kappa shape index (κ2) is 9.24. The zero-order chi connectivity index (χ0) is 21.8. The average Bonchev–Trinajstić information content (AvgIpc) is 2.91.